The van der Waals surface area contributed by atoms with Gasteiger partial charge in [-0.3, -0.25) is 9.36 Å². The lowest BCUT2D eigenvalue weighted by Gasteiger charge is -2.40. The standard InChI is InChI=1S/C23H33N3O4/c1-29-20-12-18-19(13-21(20)30-2)24-16-26(22(18)27)15-23(28)8-10-25(11-9-23)14-17-6-4-3-5-7-17/h12-13,16-17,28H,3-11,14-15H2,1-2H3. The van der Waals surface area contributed by atoms with Crippen molar-refractivity contribution in [2.45, 2.75) is 57.1 Å². The Balaban J connectivity index is 1.46. The van der Waals surface area contributed by atoms with Gasteiger partial charge in [0.2, 0.25) is 0 Å². The first-order chi connectivity index (χ1) is 14.5. The van der Waals surface area contributed by atoms with Crippen molar-refractivity contribution in [1.82, 2.24) is 14.5 Å². The third-order valence-corrected chi connectivity index (χ3v) is 6.82. The van der Waals surface area contributed by atoms with E-state index >= 15 is 0 Å². The fourth-order valence-electron chi connectivity index (χ4n) is 4.96. The summed E-state index contributed by atoms with van der Waals surface area (Å²) in [7, 11) is 3.10. The van der Waals surface area contributed by atoms with E-state index in [1.165, 1.54) is 43.0 Å². The van der Waals surface area contributed by atoms with Crippen LogP contribution in [0.3, 0.4) is 0 Å². The molecule has 2 heterocycles. The first kappa shape index (κ1) is 21.1. The number of hydrogen-bond donors (Lipinski definition) is 1. The zero-order chi connectivity index (χ0) is 21.1. The van der Waals surface area contributed by atoms with E-state index in [4.69, 9.17) is 9.47 Å². The van der Waals surface area contributed by atoms with Crippen LogP contribution >= 0.6 is 0 Å². The monoisotopic (exact) mass is 415 g/mol. The molecule has 1 saturated heterocycles. The molecule has 2 aromatic rings. The van der Waals surface area contributed by atoms with E-state index in [1.807, 2.05) is 0 Å². The maximum absolute atomic E-state index is 13.0. The Morgan fingerprint density at radius 2 is 1.77 bits per heavy atom. The van der Waals surface area contributed by atoms with Crippen LogP contribution in [0.2, 0.25) is 0 Å². The molecule has 0 unspecified atom stereocenters. The summed E-state index contributed by atoms with van der Waals surface area (Å²) >= 11 is 0. The second kappa shape index (κ2) is 8.94. The topological polar surface area (TPSA) is 76.8 Å². The minimum absolute atomic E-state index is 0.168. The molecule has 30 heavy (non-hydrogen) atoms. The number of aromatic nitrogens is 2. The lowest BCUT2D eigenvalue weighted by Crippen LogP contribution is -2.49. The van der Waals surface area contributed by atoms with E-state index in [0.29, 0.717) is 35.2 Å². The van der Waals surface area contributed by atoms with Crippen LogP contribution in [0.15, 0.2) is 23.3 Å². The minimum atomic E-state index is -0.876. The summed E-state index contributed by atoms with van der Waals surface area (Å²) in [4.78, 5) is 20.0. The first-order valence-electron chi connectivity index (χ1n) is 11.1. The molecular weight excluding hydrogens is 382 g/mol. The quantitative estimate of drug-likeness (QED) is 0.782. The molecule has 0 bridgehead atoms. The average Bonchev–Trinajstić information content (AvgIpc) is 2.77. The number of benzene rings is 1. The number of rotatable bonds is 6. The zero-order valence-electron chi connectivity index (χ0n) is 18.1. The van der Waals surface area contributed by atoms with Crippen molar-refractivity contribution in [3.8, 4) is 11.5 Å². The smallest absolute Gasteiger partial charge is 0.261 e. The predicted octanol–water partition coefficient (Wildman–Crippen LogP) is 2.82. The van der Waals surface area contributed by atoms with Gasteiger partial charge in [-0.05, 0) is 37.7 Å². The number of nitrogens with zero attached hydrogens (tertiary/aromatic N) is 3. The number of methoxy groups -OCH3 is 2. The van der Waals surface area contributed by atoms with Crippen LogP contribution in [0.5, 0.6) is 11.5 Å². The van der Waals surface area contributed by atoms with Crippen LogP contribution in [-0.2, 0) is 6.54 Å². The molecule has 1 aliphatic carbocycles. The second-order valence-corrected chi connectivity index (χ2v) is 8.93. The molecule has 4 rings (SSSR count). The van der Waals surface area contributed by atoms with Crippen LogP contribution < -0.4 is 15.0 Å². The van der Waals surface area contributed by atoms with Crippen LogP contribution in [0.25, 0.3) is 10.9 Å². The van der Waals surface area contributed by atoms with Crippen LogP contribution in [0.1, 0.15) is 44.9 Å². The lowest BCUT2D eigenvalue weighted by atomic mass is 9.87. The molecule has 0 radical (unpaired) electrons. The fraction of sp³-hybridized carbons (Fsp3) is 0.652. The van der Waals surface area contributed by atoms with E-state index < -0.39 is 5.60 Å². The van der Waals surface area contributed by atoms with Crippen molar-refractivity contribution in [3.63, 3.8) is 0 Å². The maximum atomic E-state index is 13.0. The Labute approximate surface area is 177 Å². The number of hydrogen-bond acceptors (Lipinski definition) is 6. The van der Waals surface area contributed by atoms with Crippen molar-refractivity contribution in [1.29, 1.82) is 0 Å². The largest absolute Gasteiger partial charge is 0.493 e. The summed E-state index contributed by atoms with van der Waals surface area (Å²) in [5.41, 5.74) is -0.485. The molecule has 164 valence electrons. The van der Waals surface area contributed by atoms with E-state index in [0.717, 1.165) is 25.6 Å². The Hall–Kier alpha value is -2.12. The highest BCUT2D eigenvalue weighted by Crippen LogP contribution is 2.31. The normalized spacial score (nSPS) is 20.4. The molecule has 0 amide bonds. The molecule has 0 spiro atoms. The molecule has 7 nitrogen and oxygen atoms in total. The summed E-state index contributed by atoms with van der Waals surface area (Å²) in [5.74, 6) is 1.85. The van der Waals surface area contributed by atoms with Gasteiger partial charge < -0.3 is 19.5 Å². The molecule has 2 fully saturated rings. The molecule has 0 atom stereocenters. The van der Waals surface area contributed by atoms with Gasteiger partial charge in [0.25, 0.3) is 5.56 Å². The van der Waals surface area contributed by atoms with Gasteiger partial charge in [0, 0.05) is 25.7 Å². The van der Waals surface area contributed by atoms with Crippen LogP contribution in [0, 0.1) is 5.92 Å². The van der Waals surface area contributed by atoms with Crippen molar-refractivity contribution < 1.29 is 14.6 Å². The second-order valence-electron chi connectivity index (χ2n) is 8.93. The highest BCUT2D eigenvalue weighted by atomic mass is 16.5. The van der Waals surface area contributed by atoms with Gasteiger partial charge >= 0.3 is 0 Å². The summed E-state index contributed by atoms with van der Waals surface area (Å²) in [6, 6.07) is 3.37. The average molecular weight is 416 g/mol. The molecule has 1 aromatic heterocycles. The number of aliphatic hydroxyl groups is 1. The highest BCUT2D eigenvalue weighted by Gasteiger charge is 2.34. The molecule has 2 aliphatic rings. The van der Waals surface area contributed by atoms with Gasteiger partial charge in [-0.25, -0.2) is 4.98 Å². The van der Waals surface area contributed by atoms with E-state index in [2.05, 4.69) is 9.88 Å². The molecule has 7 heteroatoms. The van der Waals surface area contributed by atoms with Gasteiger partial charge in [0.05, 0.1) is 43.6 Å². The third-order valence-electron chi connectivity index (χ3n) is 6.82. The number of fused-ring (bicyclic) bond motifs is 1. The Kier molecular flexibility index (Phi) is 6.29. The Morgan fingerprint density at radius 3 is 2.43 bits per heavy atom. The SMILES string of the molecule is COc1cc2ncn(CC3(O)CCN(CC4CCCCC4)CC3)c(=O)c2cc1OC. The van der Waals surface area contributed by atoms with Crippen molar-refractivity contribution in [3.05, 3.63) is 28.8 Å². The highest BCUT2D eigenvalue weighted by molar-refractivity contribution is 5.81. The maximum Gasteiger partial charge on any atom is 0.261 e. The number of piperidine rings is 1. The summed E-state index contributed by atoms with van der Waals surface area (Å²) in [5, 5.41) is 11.6. The fourth-order valence-corrected chi connectivity index (χ4v) is 4.96. The van der Waals surface area contributed by atoms with Gasteiger partial charge in [-0.2, -0.15) is 0 Å². The molecule has 1 aromatic carbocycles. The van der Waals surface area contributed by atoms with Gasteiger partial charge in [-0.15, -0.1) is 0 Å². The van der Waals surface area contributed by atoms with E-state index in [9.17, 15) is 9.90 Å². The Bertz CT molecular complexity index is 928. The van der Waals surface area contributed by atoms with Gasteiger partial charge in [0.15, 0.2) is 11.5 Å². The number of likely N-dealkylation sites (tertiary alicyclic amines) is 1. The number of ether oxygens (including phenoxy) is 2. The van der Waals surface area contributed by atoms with E-state index in [-0.39, 0.29) is 12.1 Å². The van der Waals surface area contributed by atoms with Crippen molar-refractivity contribution in [2.75, 3.05) is 33.9 Å². The predicted molar refractivity (Wildman–Crippen MR) is 116 cm³/mol. The van der Waals surface area contributed by atoms with Gasteiger partial charge in [0.1, 0.15) is 0 Å². The minimum Gasteiger partial charge on any atom is -0.493 e. The third kappa shape index (κ3) is 4.47. The molecule has 1 aliphatic heterocycles. The van der Waals surface area contributed by atoms with Gasteiger partial charge in [-0.1, -0.05) is 19.3 Å². The van der Waals surface area contributed by atoms with E-state index in [1.54, 1.807) is 26.4 Å². The molecule has 1 saturated carbocycles. The molecular formula is C23H33N3O4. The summed E-state index contributed by atoms with van der Waals surface area (Å²) in [6.07, 6.45) is 9.66. The summed E-state index contributed by atoms with van der Waals surface area (Å²) < 4.78 is 12.2. The molecule has 1 N–H and O–H groups in total. The van der Waals surface area contributed by atoms with Crippen LogP contribution in [-0.4, -0.2) is 59.0 Å². The zero-order valence-corrected chi connectivity index (χ0v) is 18.1. The summed E-state index contributed by atoms with van der Waals surface area (Å²) in [6.45, 7) is 3.18. The first-order valence-corrected chi connectivity index (χ1v) is 11.1. The van der Waals surface area contributed by atoms with Crippen molar-refractivity contribution in [2.24, 2.45) is 5.92 Å². The van der Waals surface area contributed by atoms with Crippen molar-refractivity contribution >= 4 is 10.9 Å². The lowest BCUT2D eigenvalue weighted by molar-refractivity contribution is -0.0382. The van der Waals surface area contributed by atoms with Crippen LogP contribution in [0.4, 0.5) is 0 Å². The Morgan fingerprint density at radius 1 is 1.10 bits per heavy atom.